The van der Waals surface area contributed by atoms with Crippen molar-refractivity contribution in [3.8, 4) is 0 Å². The lowest BCUT2D eigenvalue weighted by Gasteiger charge is -2.25. The van der Waals surface area contributed by atoms with E-state index in [2.05, 4.69) is 15.6 Å². The number of sulfonamides is 1. The van der Waals surface area contributed by atoms with Crippen LogP contribution in [0.2, 0.25) is 0 Å². The van der Waals surface area contributed by atoms with Crippen molar-refractivity contribution >= 4 is 27.4 Å². The minimum absolute atomic E-state index is 0.107. The normalized spacial score (nSPS) is 15.3. The SMILES string of the molecule is CC(=O)Nc1ccc(CNc2ccc(S(=O)(=O)N3CCCCC3)cn2)cc1. The molecule has 144 valence electrons. The number of hydrogen-bond donors (Lipinski definition) is 2. The van der Waals surface area contributed by atoms with Crippen LogP contribution < -0.4 is 10.6 Å². The molecule has 1 amide bonds. The zero-order chi connectivity index (χ0) is 19.3. The van der Waals surface area contributed by atoms with Crippen LogP contribution in [0.5, 0.6) is 0 Å². The maximum Gasteiger partial charge on any atom is 0.244 e. The topological polar surface area (TPSA) is 91.4 Å². The lowest BCUT2D eigenvalue weighted by molar-refractivity contribution is -0.114. The Hall–Kier alpha value is -2.45. The predicted molar refractivity (Wildman–Crippen MR) is 105 cm³/mol. The van der Waals surface area contributed by atoms with Gasteiger partial charge in [0.15, 0.2) is 0 Å². The van der Waals surface area contributed by atoms with Gasteiger partial charge in [-0.1, -0.05) is 18.6 Å². The van der Waals surface area contributed by atoms with E-state index >= 15 is 0 Å². The molecule has 1 aliphatic rings. The Balaban J connectivity index is 1.60. The molecule has 1 aromatic heterocycles. The molecule has 0 atom stereocenters. The van der Waals surface area contributed by atoms with Gasteiger partial charge in [-0.2, -0.15) is 4.31 Å². The molecule has 0 spiro atoms. The molecule has 0 radical (unpaired) electrons. The van der Waals surface area contributed by atoms with Crippen LogP contribution in [0.3, 0.4) is 0 Å². The molecule has 7 nitrogen and oxygen atoms in total. The number of carbonyl (C=O) groups excluding carboxylic acids is 1. The summed E-state index contributed by atoms with van der Waals surface area (Å²) in [6.07, 6.45) is 4.31. The Bertz CT molecular complexity index is 874. The van der Waals surface area contributed by atoms with Gasteiger partial charge in [0, 0.05) is 38.4 Å². The molecule has 2 heterocycles. The molecular weight excluding hydrogens is 364 g/mol. The van der Waals surface area contributed by atoms with Crippen molar-refractivity contribution in [2.45, 2.75) is 37.6 Å². The minimum Gasteiger partial charge on any atom is -0.366 e. The summed E-state index contributed by atoms with van der Waals surface area (Å²) in [5, 5.41) is 5.89. The lowest BCUT2D eigenvalue weighted by atomic mass is 10.2. The minimum atomic E-state index is -3.45. The Morgan fingerprint density at radius 3 is 2.37 bits per heavy atom. The molecular formula is C19H24N4O3S. The summed E-state index contributed by atoms with van der Waals surface area (Å²) in [4.78, 5) is 15.5. The summed E-state index contributed by atoms with van der Waals surface area (Å²) in [6.45, 7) is 3.18. The number of carbonyl (C=O) groups is 1. The van der Waals surface area contributed by atoms with Crippen LogP contribution >= 0.6 is 0 Å². The van der Waals surface area contributed by atoms with E-state index in [4.69, 9.17) is 0 Å². The quantitative estimate of drug-likeness (QED) is 0.794. The van der Waals surface area contributed by atoms with Gasteiger partial charge in [-0.3, -0.25) is 4.79 Å². The van der Waals surface area contributed by atoms with E-state index in [1.54, 1.807) is 12.1 Å². The smallest absolute Gasteiger partial charge is 0.244 e. The van der Waals surface area contributed by atoms with Crippen LogP contribution in [-0.2, 0) is 21.4 Å². The van der Waals surface area contributed by atoms with Gasteiger partial charge in [0.25, 0.3) is 0 Å². The van der Waals surface area contributed by atoms with Crippen LogP contribution in [0.1, 0.15) is 31.7 Å². The van der Waals surface area contributed by atoms with Gasteiger partial charge in [0.2, 0.25) is 15.9 Å². The van der Waals surface area contributed by atoms with Gasteiger partial charge in [-0.05, 0) is 42.7 Å². The first-order valence-corrected chi connectivity index (χ1v) is 10.5. The number of rotatable bonds is 6. The number of nitrogens with zero attached hydrogens (tertiary/aromatic N) is 2. The second kappa shape index (κ2) is 8.49. The second-order valence-electron chi connectivity index (χ2n) is 6.58. The molecule has 2 N–H and O–H groups in total. The fourth-order valence-corrected chi connectivity index (χ4v) is 4.46. The van der Waals surface area contributed by atoms with Crippen molar-refractivity contribution < 1.29 is 13.2 Å². The largest absolute Gasteiger partial charge is 0.366 e. The van der Waals surface area contributed by atoms with E-state index in [1.165, 1.54) is 17.4 Å². The van der Waals surface area contributed by atoms with Crippen molar-refractivity contribution in [1.82, 2.24) is 9.29 Å². The summed E-state index contributed by atoms with van der Waals surface area (Å²) < 4.78 is 26.8. The van der Waals surface area contributed by atoms with Crippen molar-refractivity contribution in [3.63, 3.8) is 0 Å². The van der Waals surface area contributed by atoms with Crippen LogP contribution in [0, 0.1) is 0 Å². The fourth-order valence-electron chi connectivity index (χ4n) is 2.99. The third kappa shape index (κ3) is 5.05. The molecule has 1 fully saturated rings. The first-order chi connectivity index (χ1) is 12.9. The Kier molecular flexibility index (Phi) is 6.08. The van der Waals surface area contributed by atoms with Crippen molar-refractivity contribution in [2.24, 2.45) is 0 Å². The molecule has 8 heteroatoms. The molecule has 3 rings (SSSR count). The molecule has 0 unspecified atom stereocenters. The van der Waals surface area contributed by atoms with Crippen molar-refractivity contribution in [2.75, 3.05) is 23.7 Å². The average molecular weight is 388 g/mol. The number of piperidine rings is 1. The van der Waals surface area contributed by atoms with Crippen LogP contribution in [0.4, 0.5) is 11.5 Å². The molecule has 27 heavy (non-hydrogen) atoms. The third-order valence-corrected chi connectivity index (χ3v) is 6.32. The van der Waals surface area contributed by atoms with Gasteiger partial charge in [-0.15, -0.1) is 0 Å². The number of anilines is 2. The van der Waals surface area contributed by atoms with E-state index in [0.717, 1.165) is 30.5 Å². The van der Waals surface area contributed by atoms with Gasteiger partial charge < -0.3 is 10.6 Å². The zero-order valence-corrected chi connectivity index (χ0v) is 16.1. The van der Waals surface area contributed by atoms with Crippen LogP contribution in [0.25, 0.3) is 0 Å². The standard InChI is InChI=1S/C19H24N4O3S/c1-15(24)22-17-7-5-16(6-8-17)13-20-19-10-9-18(14-21-19)27(25,26)23-11-3-2-4-12-23/h5-10,14H,2-4,11-13H2,1H3,(H,20,21)(H,22,24). The molecule has 1 aromatic carbocycles. The van der Waals surface area contributed by atoms with E-state index in [9.17, 15) is 13.2 Å². The summed E-state index contributed by atoms with van der Waals surface area (Å²) in [7, 11) is -3.45. The summed E-state index contributed by atoms with van der Waals surface area (Å²) >= 11 is 0. The number of benzene rings is 1. The number of pyridine rings is 1. The first kappa shape index (κ1) is 19.3. The Morgan fingerprint density at radius 1 is 1.07 bits per heavy atom. The number of amides is 1. The van der Waals surface area contributed by atoms with E-state index in [1.807, 2.05) is 24.3 Å². The highest BCUT2D eigenvalue weighted by Crippen LogP contribution is 2.21. The Morgan fingerprint density at radius 2 is 1.78 bits per heavy atom. The number of nitrogens with one attached hydrogen (secondary N) is 2. The van der Waals surface area contributed by atoms with Crippen LogP contribution in [0.15, 0.2) is 47.5 Å². The molecule has 2 aromatic rings. The highest BCUT2D eigenvalue weighted by atomic mass is 32.2. The van der Waals surface area contributed by atoms with Gasteiger partial charge in [-0.25, -0.2) is 13.4 Å². The van der Waals surface area contributed by atoms with Gasteiger partial charge in [0.05, 0.1) is 0 Å². The summed E-state index contributed by atoms with van der Waals surface area (Å²) in [5.74, 6) is 0.503. The molecule has 0 saturated carbocycles. The first-order valence-electron chi connectivity index (χ1n) is 9.02. The molecule has 1 saturated heterocycles. The fraction of sp³-hybridized carbons (Fsp3) is 0.368. The maximum absolute atomic E-state index is 12.6. The zero-order valence-electron chi connectivity index (χ0n) is 15.3. The highest BCUT2D eigenvalue weighted by Gasteiger charge is 2.26. The van der Waals surface area contributed by atoms with Crippen LogP contribution in [-0.4, -0.2) is 36.7 Å². The lowest BCUT2D eigenvalue weighted by Crippen LogP contribution is -2.35. The maximum atomic E-state index is 12.6. The number of aromatic nitrogens is 1. The summed E-state index contributed by atoms with van der Waals surface area (Å²) in [6, 6.07) is 10.8. The van der Waals surface area contributed by atoms with E-state index in [0.29, 0.717) is 25.5 Å². The van der Waals surface area contributed by atoms with Crippen molar-refractivity contribution in [3.05, 3.63) is 48.2 Å². The highest BCUT2D eigenvalue weighted by molar-refractivity contribution is 7.89. The van der Waals surface area contributed by atoms with Crippen molar-refractivity contribution in [1.29, 1.82) is 0 Å². The summed E-state index contributed by atoms with van der Waals surface area (Å²) in [5.41, 5.74) is 1.77. The third-order valence-electron chi connectivity index (χ3n) is 4.44. The van der Waals surface area contributed by atoms with Gasteiger partial charge >= 0.3 is 0 Å². The molecule has 0 aliphatic carbocycles. The monoisotopic (exact) mass is 388 g/mol. The molecule has 1 aliphatic heterocycles. The predicted octanol–water partition coefficient (Wildman–Crippen LogP) is 2.83. The van der Waals surface area contributed by atoms with E-state index in [-0.39, 0.29) is 10.8 Å². The average Bonchev–Trinajstić information content (AvgIpc) is 2.68. The second-order valence-corrected chi connectivity index (χ2v) is 8.51. The Labute approximate surface area is 159 Å². The molecule has 0 bridgehead atoms. The van der Waals surface area contributed by atoms with E-state index < -0.39 is 10.0 Å². The number of hydrogen-bond acceptors (Lipinski definition) is 5. The van der Waals surface area contributed by atoms with Gasteiger partial charge in [0.1, 0.15) is 10.7 Å².